The van der Waals surface area contributed by atoms with E-state index < -0.39 is 5.97 Å². The molecule has 1 N–H and O–H groups in total. The number of hydrogen-bond acceptors (Lipinski definition) is 5. The number of carboxylic acid groups (broad SMARTS) is 1. The molecule has 1 saturated heterocycles. The Morgan fingerprint density at radius 2 is 2.56 bits per heavy atom. The fourth-order valence-electron chi connectivity index (χ4n) is 1.80. The van der Waals surface area contributed by atoms with E-state index in [0.717, 1.165) is 17.8 Å². The number of thiazole rings is 1. The third-order valence-electron chi connectivity index (χ3n) is 2.61. The van der Waals surface area contributed by atoms with Crippen LogP contribution in [0.3, 0.4) is 0 Å². The van der Waals surface area contributed by atoms with Crippen LogP contribution in [0.2, 0.25) is 0 Å². The quantitative estimate of drug-likeness (QED) is 0.805. The average Bonchev–Trinajstić information content (AvgIpc) is 2.87. The Hall–Kier alpha value is -1.50. The lowest BCUT2D eigenvalue weighted by molar-refractivity contribution is 0.0691. The molecule has 1 aromatic rings. The molecular formula is C9H11N3O3S. The second-order valence-corrected chi connectivity index (χ2v) is 4.73. The van der Waals surface area contributed by atoms with Gasteiger partial charge in [-0.05, 0) is 12.3 Å². The highest BCUT2D eigenvalue weighted by Gasteiger charge is 2.23. The first-order chi connectivity index (χ1) is 7.69. The molecule has 0 aliphatic carbocycles. The van der Waals surface area contributed by atoms with Gasteiger partial charge >= 0.3 is 5.97 Å². The van der Waals surface area contributed by atoms with Crippen molar-refractivity contribution in [3.05, 3.63) is 21.0 Å². The summed E-state index contributed by atoms with van der Waals surface area (Å²) in [5.74, 6) is -0.643. The van der Waals surface area contributed by atoms with Gasteiger partial charge in [0.1, 0.15) is 0 Å². The van der Waals surface area contributed by atoms with Crippen molar-refractivity contribution in [2.45, 2.75) is 12.8 Å². The third kappa shape index (κ3) is 2.35. The topological polar surface area (TPSA) is 82.9 Å². The highest BCUT2D eigenvalue weighted by Crippen LogP contribution is 2.22. The molecule has 1 aliphatic heterocycles. The minimum atomic E-state index is -0.995. The van der Waals surface area contributed by atoms with Crippen molar-refractivity contribution in [3.8, 4) is 0 Å². The molecule has 0 aromatic carbocycles. The van der Waals surface area contributed by atoms with Gasteiger partial charge in [-0.3, -0.25) is 5.01 Å². The Bertz CT molecular complexity index is 406. The first kappa shape index (κ1) is 11.0. The lowest BCUT2D eigenvalue weighted by Gasteiger charge is -2.06. The van der Waals surface area contributed by atoms with E-state index in [1.165, 1.54) is 16.3 Å². The molecule has 6 nitrogen and oxygen atoms in total. The van der Waals surface area contributed by atoms with Crippen molar-refractivity contribution >= 4 is 17.3 Å². The van der Waals surface area contributed by atoms with Gasteiger partial charge in [0.05, 0.1) is 10.3 Å². The molecule has 0 spiro atoms. The first-order valence-corrected chi connectivity index (χ1v) is 5.83. The van der Waals surface area contributed by atoms with E-state index >= 15 is 0 Å². The summed E-state index contributed by atoms with van der Waals surface area (Å²) >= 11 is 1.35. The summed E-state index contributed by atoms with van der Waals surface area (Å²) in [4.78, 5) is 24.9. The Morgan fingerprint density at radius 1 is 1.75 bits per heavy atom. The number of nitrogens with zero attached hydrogens (tertiary/aromatic N) is 3. The highest BCUT2D eigenvalue weighted by molar-refractivity contribution is 7.09. The minimum absolute atomic E-state index is 0.100. The molecule has 0 radical (unpaired) electrons. The number of carboxylic acids is 1. The SMILES string of the molecule is O=NN1CCC(Cc2nc(C(=O)O)cs2)C1. The van der Waals surface area contributed by atoms with Crippen molar-refractivity contribution < 1.29 is 9.90 Å². The van der Waals surface area contributed by atoms with Crippen LogP contribution in [0.25, 0.3) is 0 Å². The predicted molar refractivity (Wildman–Crippen MR) is 58.3 cm³/mol. The lowest BCUT2D eigenvalue weighted by atomic mass is 10.1. The molecule has 7 heteroatoms. The maximum atomic E-state index is 10.6. The van der Waals surface area contributed by atoms with Crippen LogP contribution in [-0.2, 0) is 6.42 Å². The average molecular weight is 241 g/mol. The molecule has 0 amide bonds. The summed E-state index contributed by atoms with van der Waals surface area (Å²) in [5.41, 5.74) is 0.100. The van der Waals surface area contributed by atoms with Gasteiger partial charge in [0.15, 0.2) is 5.69 Å². The Balaban J connectivity index is 1.94. The van der Waals surface area contributed by atoms with E-state index in [2.05, 4.69) is 10.3 Å². The van der Waals surface area contributed by atoms with E-state index in [0.29, 0.717) is 19.0 Å². The number of nitroso groups, excluding NO2 is 1. The molecule has 16 heavy (non-hydrogen) atoms. The largest absolute Gasteiger partial charge is 0.476 e. The smallest absolute Gasteiger partial charge is 0.355 e. The van der Waals surface area contributed by atoms with Crippen LogP contribution in [0.4, 0.5) is 0 Å². The van der Waals surface area contributed by atoms with Gasteiger partial charge in [0, 0.05) is 24.9 Å². The van der Waals surface area contributed by atoms with E-state index in [1.54, 1.807) is 5.38 Å². The first-order valence-electron chi connectivity index (χ1n) is 4.95. The standard InChI is InChI=1S/C9H11N3O3S/c13-9(14)7-5-16-8(10-7)3-6-1-2-12(4-6)11-15/h5-6H,1-4H2,(H,13,14). The van der Waals surface area contributed by atoms with E-state index in [9.17, 15) is 9.70 Å². The molecule has 0 bridgehead atoms. The van der Waals surface area contributed by atoms with Crippen molar-refractivity contribution in [2.75, 3.05) is 13.1 Å². The number of carbonyl (C=O) groups is 1. The van der Waals surface area contributed by atoms with Gasteiger partial charge < -0.3 is 5.11 Å². The molecule has 0 saturated carbocycles. The monoisotopic (exact) mass is 241 g/mol. The maximum absolute atomic E-state index is 10.6. The van der Waals surface area contributed by atoms with Crippen LogP contribution in [0.15, 0.2) is 10.7 Å². The van der Waals surface area contributed by atoms with E-state index in [1.807, 2.05) is 0 Å². The summed E-state index contributed by atoms with van der Waals surface area (Å²) in [7, 11) is 0. The second-order valence-electron chi connectivity index (χ2n) is 3.78. The van der Waals surface area contributed by atoms with Crippen LogP contribution >= 0.6 is 11.3 Å². The maximum Gasteiger partial charge on any atom is 0.355 e. The third-order valence-corrected chi connectivity index (χ3v) is 3.49. The molecule has 1 aromatic heterocycles. The van der Waals surface area contributed by atoms with Crippen molar-refractivity contribution in [2.24, 2.45) is 11.2 Å². The zero-order chi connectivity index (χ0) is 11.5. The molecule has 2 heterocycles. The van der Waals surface area contributed by atoms with Gasteiger partial charge in [0.2, 0.25) is 0 Å². The van der Waals surface area contributed by atoms with Crippen molar-refractivity contribution in [1.29, 1.82) is 0 Å². The van der Waals surface area contributed by atoms with Gasteiger partial charge in [-0.2, -0.15) is 0 Å². The number of hydrogen-bond donors (Lipinski definition) is 1. The summed E-state index contributed by atoms with van der Waals surface area (Å²) in [6.07, 6.45) is 1.64. The fraction of sp³-hybridized carbons (Fsp3) is 0.556. The normalized spacial score (nSPS) is 20.0. The van der Waals surface area contributed by atoms with Gasteiger partial charge in [-0.25, -0.2) is 9.78 Å². The van der Waals surface area contributed by atoms with Crippen LogP contribution in [0.1, 0.15) is 21.9 Å². The minimum Gasteiger partial charge on any atom is -0.476 e. The van der Waals surface area contributed by atoms with Gasteiger partial charge in [-0.1, -0.05) is 0 Å². The molecule has 1 fully saturated rings. The fourth-order valence-corrected chi connectivity index (χ4v) is 2.69. The predicted octanol–water partition coefficient (Wildman–Crippen LogP) is 1.39. The molecule has 86 valence electrons. The zero-order valence-corrected chi connectivity index (χ0v) is 9.31. The summed E-state index contributed by atoms with van der Waals surface area (Å²) < 4.78 is 0. The molecule has 1 atom stereocenters. The van der Waals surface area contributed by atoms with Crippen LogP contribution in [-0.4, -0.2) is 34.2 Å². The number of aromatic carboxylic acids is 1. The summed E-state index contributed by atoms with van der Waals surface area (Å²) in [6, 6.07) is 0. The number of aromatic nitrogens is 1. The molecular weight excluding hydrogens is 230 g/mol. The van der Waals surface area contributed by atoms with Gasteiger partial charge in [-0.15, -0.1) is 16.2 Å². The summed E-state index contributed by atoms with van der Waals surface area (Å²) in [6.45, 7) is 1.33. The van der Waals surface area contributed by atoms with E-state index in [4.69, 9.17) is 5.11 Å². The Kier molecular flexibility index (Phi) is 3.14. The zero-order valence-electron chi connectivity index (χ0n) is 8.50. The number of rotatable bonds is 4. The molecule has 1 unspecified atom stereocenters. The second kappa shape index (κ2) is 4.56. The van der Waals surface area contributed by atoms with Crippen LogP contribution < -0.4 is 0 Å². The van der Waals surface area contributed by atoms with Crippen molar-refractivity contribution in [3.63, 3.8) is 0 Å². The Morgan fingerprint density at radius 3 is 3.12 bits per heavy atom. The molecule has 1 aliphatic rings. The Labute approximate surface area is 95.9 Å². The van der Waals surface area contributed by atoms with Crippen LogP contribution in [0.5, 0.6) is 0 Å². The van der Waals surface area contributed by atoms with Crippen molar-refractivity contribution in [1.82, 2.24) is 9.99 Å². The summed E-state index contributed by atoms with van der Waals surface area (Å²) in [5, 5.41) is 15.5. The van der Waals surface area contributed by atoms with Gasteiger partial charge in [0.25, 0.3) is 0 Å². The molecule has 2 rings (SSSR count). The lowest BCUT2D eigenvalue weighted by Crippen LogP contribution is -2.13. The van der Waals surface area contributed by atoms with Crippen LogP contribution in [0, 0.1) is 10.8 Å². The van der Waals surface area contributed by atoms with E-state index in [-0.39, 0.29) is 5.69 Å². The highest BCUT2D eigenvalue weighted by atomic mass is 32.1.